The zero-order chi connectivity index (χ0) is 20.2. The summed E-state index contributed by atoms with van der Waals surface area (Å²) in [4.78, 5) is 11.0. The van der Waals surface area contributed by atoms with E-state index in [2.05, 4.69) is 4.72 Å². The van der Waals surface area contributed by atoms with Gasteiger partial charge in [-0.25, -0.2) is 23.0 Å². The maximum absolute atomic E-state index is 13.1. The number of carbonyl (C=O) groups excluding carboxylic acids is 1. The molecule has 11 heteroatoms. The topological polar surface area (TPSA) is 95.5 Å². The summed E-state index contributed by atoms with van der Waals surface area (Å²) in [5, 5.41) is 8.65. The molecule has 3 N–H and O–H groups in total. The number of hydroxylamine groups is 1. The number of nitrogens with one attached hydrogen (secondary N) is 2. The van der Waals surface area contributed by atoms with Gasteiger partial charge in [-0.3, -0.25) is 10.0 Å². The predicted octanol–water partition coefficient (Wildman–Crippen LogP) is 2.76. The van der Waals surface area contributed by atoms with Gasteiger partial charge in [0.1, 0.15) is 5.82 Å². The molecule has 0 radical (unpaired) electrons. The first kappa shape index (κ1) is 20.8. The van der Waals surface area contributed by atoms with Gasteiger partial charge in [-0.2, -0.15) is 13.2 Å². The van der Waals surface area contributed by atoms with Crippen molar-refractivity contribution in [1.82, 2.24) is 10.2 Å². The summed E-state index contributed by atoms with van der Waals surface area (Å²) in [5.41, 5.74) is 0.554. The van der Waals surface area contributed by atoms with Gasteiger partial charge in [-0.1, -0.05) is 12.1 Å². The molecule has 6 nitrogen and oxygen atoms in total. The number of carbonyl (C=O) groups is 1. The summed E-state index contributed by atoms with van der Waals surface area (Å²) in [6.45, 7) is 0. The lowest BCUT2D eigenvalue weighted by atomic mass is 10.0. The SMILES string of the molecule is O=C(C[C@H](NS(=O)(=O)c1ccc(C(F)(F)F)cc1)c1ccc(F)cc1)NO. The number of rotatable bonds is 6. The Kier molecular flexibility index (Phi) is 6.19. The van der Waals surface area contributed by atoms with Gasteiger partial charge in [-0.15, -0.1) is 0 Å². The molecule has 0 heterocycles. The molecule has 1 atom stereocenters. The first-order chi connectivity index (χ1) is 12.5. The van der Waals surface area contributed by atoms with Crippen molar-refractivity contribution in [1.29, 1.82) is 0 Å². The molecule has 146 valence electrons. The van der Waals surface area contributed by atoms with Gasteiger partial charge in [0.2, 0.25) is 15.9 Å². The van der Waals surface area contributed by atoms with Crippen molar-refractivity contribution in [3.05, 3.63) is 65.5 Å². The highest BCUT2D eigenvalue weighted by Crippen LogP contribution is 2.30. The molecular formula is C16H14F4N2O4S. The Hall–Kier alpha value is -2.50. The number of benzene rings is 2. The van der Waals surface area contributed by atoms with Crippen molar-refractivity contribution >= 4 is 15.9 Å². The summed E-state index contributed by atoms with van der Waals surface area (Å²) in [6.07, 6.45) is -5.15. The fourth-order valence-corrected chi connectivity index (χ4v) is 3.46. The standard InChI is InChI=1S/C16H14F4N2O4S/c17-12-5-1-10(2-6-12)14(9-15(23)21-24)22-27(25,26)13-7-3-11(4-8-13)16(18,19)20/h1-8,14,22,24H,9H2,(H,21,23)/t14-/m0/s1. The molecule has 2 aromatic carbocycles. The molecule has 0 aliphatic rings. The second-order valence-corrected chi connectivity index (χ2v) is 7.20. The molecule has 1 amide bonds. The molecule has 0 spiro atoms. The van der Waals surface area contributed by atoms with Crippen LogP contribution in [-0.2, 0) is 21.0 Å². The highest BCUT2D eigenvalue weighted by molar-refractivity contribution is 7.89. The summed E-state index contributed by atoms with van der Waals surface area (Å²) in [6, 6.07) is 6.16. The van der Waals surface area contributed by atoms with Crippen LogP contribution in [0.2, 0.25) is 0 Å². The van der Waals surface area contributed by atoms with Gasteiger partial charge in [0, 0.05) is 6.42 Å². The zero-order valence-electron chi connectivity index (χ0n) is 13.5. The molecule has 0 fully saturated rings. The number of amides is 1. The van der Waals surface area contributed by atoms with E-state index < -0.39 is 50.8 Å². The van der Waals surface area contributed by atoms with Gasteiger partial charge < -0.3 is 0 Å². The number of hydrogen-bond donors (Lipinski definition) is 3. The van der Waals surface area contributed by atoms with E-state index in [1.54, 1.807) is 0 Å². The second kappa shape index (κ2) is 8.03. The Morgan fingerprint density at radius 3 is 2.07 bits per heavy atom. The fraction of sp³-hybridized carbons (Fsp3) is 0.188. The average Bonchev–Trinajstić information content (AvgIpc) is 2.61. The molecule has 0 aromatic heterocycles. The van der Waals surface area contributed by atoms with Crippen LogP contribution in [0.5, 0.6) is 0 Å². The molecule has 0 bridgehead atoms. The van der Waals surface area contributed by atoms with Crippen LogP contribution in [0.4, 0.5) is 17.6 Å². The largest absolute Gasteiger partial charge is 0.416 e. The Labute approximate surface area is 151 Å². The lowest BCUT2D eigenvalue weighted by Gasteiger charge is -2.19. The third kappa shape index (κ3) is 5.49. The zero-order valence-corrected chi connectivity index (χ0v) is 14.3. The highest BCUT2D eigenvalue weighted by Gasteiger charge is 2.31. The van der Waals surface area contributed by atoms with Crippen molar-refractivity contribution in [3.8, 4) is 0 Å². The molecule has 0 aliphatic heterocycles. The third-order valence-corrected chi connectivity index (χ3v) is 5.06. The first-order valence-corrected chi connectivity index (χ1v) is 8.89. The normalized spacial score (nSPS) is 13.2. The van der Waals surface area contributed by atoms with Crippen LogP contribution in [0.15, 0.2) is 53.4 Å². The van der Waals surface area contributed by atoms with E-state index in [9.17, 15) is 30.8 Å². The van der Waals surface area contributed by atoms with E-state index in [1.165, 1.54) is 17.6 Å². The Balaban J connectivity index is 2.31. The molecule has 2 aromatic rings. The summed E-state index contributed by atoms with van der Waals surface area (Å²) in [7, 11) is -4.31. The van der Waals surface area contributed by atoms with Crippen LogP contribution in [0.1, 0.15) is 23.6 Å². The number of sulfonamides is 1. The van der Waals surface area contributed by atoms with Gasteiger partial charge in [0.15, 0.2) is 0 Å². The van der Waals surface area contributed by atoms with Crippen molar-refractivity contribution in [3.63, 3.8) is 0 Å². The van der Waals surface area contributed by atoms with Crippen LogP contribution < -0.4 is 10.2 Å². The van der Waals surface area contributed by atoms with Gasteiger partial charge in [-0.05, 0) is 42.0 Å². The minimum atomic E-state index is -4.62. The van der Waals surface area contributed by atoms with E-state index in [1.807, 2.05) is 0 Å². The Morgan fingerprint density at radius 1 is 1.04 bits per heavy atom. The van der Waals surface area contributed by atoms with Crippen LogP contribution >= 0.6 is 0 Å². The maximum atomic E-state index is 13.1. The van der Waals surface area contributed by atoms with E-state index >= 15 is 0 Å². The quantitative estimate of drug-likeness (QED) is 0.391. The number of halogens is 4. The van der Waals surface area contributed by atoms with E-state index in [4.69, 9.17) is 5.21 Å². The Bertz CT molecular complexity index is 898. The summed E-state index contributed by atoms with van der Waals surface area (Å²) >= 11 is 0. The van der Waals surface area contributed by atoms with Crippen LogP contribution in [0, 0.1) is 5.82 Å². The lowest BCUT2D eigenvalue weighted by Crippen LogP contribution is -2.33. The minimum Gasteiger partial charge on any atom is -0.289 e. The van der Waals surface area contributed by atoms with Gasteiger partial charge in [0.25, 0.3) is 0 Å². The van der Waals surface area contributed by atoms with Crippen molar-refractivity contribution in [2.24, 2.45) is 0 Å². The molecule has 0 unspecified atom stereocenters. The predicted molar refractivity (Wildman–Crippen MR) is 85.5 cm³/mol. The highest BCUT2D eigenvalue weighted by atomic mass is 32.2. The van der Waals surface area contributed by atoms with Gasteiger partial charge in [0.05, 0.1) is 16.5 Å². The Morgan fingerprint density at radius 2 is 1.59 bits per heavy atom. The van der Waals surface area contributed by atoms with Crippen molar-refractivity contribution in [2.45, 2.75) is 23.5 Å². The van der Waals surface area contributed by atoms with Crippen LogP contribution in [0.3, 0.4) is 0 Å². The molecule has 2 rings (SSSR count). The molecule has 0 saturated carbocycles. The lowest BCUT2D eigenvalue weighted by molar-refractivity contribution is -0.137. The van der Waals surface area contributed by atoms with Gasteiger partial charge >= 0.3 is 6.18 Å². The van der Waals surface area contributed by atoms with E-state index in [0.29, 0.717) is 12.1 Å². The van der Waals surface area contributed by atoms with E-state index in [-0.39, 0.29) is 5.56 Å². The van der Waals surface area contributed by atoms with Crippen LogP contribution in [0.25, 0.3) is 0 Å². The van der Waals surface area contributed by atoms with Crippen molar-refractivity contribution < 1.29 is 36.0 Å². The van der Waals surface area contributed by atoms with Crippen molar-refractivity contribution in [2.75, 3.05) is 0 Å². The smallest absolute Gasteiger partial charge is 0.289 e. The third-order valence-electron chi connectivity index (χ3n) is 3.58. The molecule has 0 aliphatic carbocycles. The first-order valence-electron chi connectivity index (χ1n) is 7.41. The molecular weight excluding hydrogens is 392 g/mol. The fourth-order valence-electron chi connectivity index (χ4n) is 2.23. The number of alkyl halides is 3. The summed E-state index contributed by atoms with van der Waals surface area (Å²) in [5.74, 6) is -1.51. The minimum absolute atomic E-state index is 0.218. The molecule has 0 saturated heterocycles. The maximum Gasteiger partial charge on any atom is 0.416 e. The summed E-state index contributed by atoms with van der Waals surface area (Å²) < 4.78 is 77.9. The van der Waals surface area contributed by atoms with E-state index in [0.717, 1.165) is 24.3 Å². The second-order valence-electron chi connectivity index (χ2n) is 5.49. The average molecular weight is 406 g/mol. The monoisotopic (exact) mass is 406 g/mol. The van der Waals surface area contributed by atoms with Crippen LogP contribution in [-0.4, -0.2) is 19.5 Å². The molecule has 27 heavy (non-hydrogen) atoms. The number of hydrogen-bond acceptors (Lipinski definition) is 4.